The fourth-order valence-corrected chi connectivity index (χ4v) is 4.47. The van der Waals surface area contributed by atoms with E-state index < -0.39 is 8.80 Å². The lowest BCUT2D eigenvalue weighted by Gasteiger charge is -2.35. The zero-order valence-electron chi connectivity index (χ0n) is 14.9. The largest absolute Gasteiger partial charge is 0.524 e. The molecule has 0 bridgehead atoms. The van der Waals surface area contributed by atoms with Crippen LogP contribution in [0.1, 0.15) is 20.3 Å². The molecule has 0 rings (SSSR count). The molecule has 138 valence electrons. The highest BCUT2D eigenvalue weighted by molar-refractivity contribution is 7.80. The van der Waals surface area contributed by atoms with E-state index in [2.05, 4.69) is 5.32 Å². The van der Waals surface area contributed by atoms with E-state index in [-0.39, 0.29) is 5.67 Å². The van der Waals surface area contributed by atoms with Crippen molar-refractivity contribution < 1.29 is 27.5 Å². The normalized spacial score (nSPS) is 13.1. The van der Waals surface area contributed by atoms with Crippen LogP contribution in [0.5, 0.6) is 0 Å². The Labute approximate surface area is 146 Å². The Morgan fingerprint density at radius 3 is 1.57 bits per heavy atom. The zero-order valence-corrected chi connectivity index (χ0v) is 16.7. The van der Waals surface area contributed by atoms with Gasteiger partial charge in [-0.15, -0.1) is 0 Å². The van der Waals surface area contributed by atoms with E-state index in [0.717, 1.165) is 11.4 Å². The van der Waals surface area contributed by atoms with Crippen molar-refractivity contribution in [1.29, 1.82) is 0 Å². The molecular weight excluding hydrogens is 338 g/mol. The minimum absolute atomic E-state index is 0.180. The van der Waals surface area contributed by atoms with Crippen LogP contribution in [0.3, 0.4) is 0 Å². The van der Waals surface area contributed by atoms with Crippen molar-refractivity contribution >= 4 is 26.0 Å². The molecule has 0 aliphatic heterocycles. The lowest BCUT2D eigenvalue weighted by atomic mass is 10.5. The number of methoxy groups -OCH3 is 3. The number of ether oxygens (including phenoxy) is 3. The fraction of sp³-hybridized carbons (Fsp3) is 0.929. The monoisotopic (exact) mass is 369 g/mol. The maximum absolute atomic E-state index is 6.01. The number of rotatable bonds is 15. The number of nitrogens with one attached hydrogen (secondary N) is 1. The third kappa shape index (κ3) is 9.68. The molecule has 1 N–H and O–H groups in total. The van der Waals surface area contributed by atoms with Gasteiger partial charge in [-0.05, 0) is 13.3 Å². The van der Waals surface area contributed by atoms with Crippen molar-refractivity contribution in [2.45, 2.75) is 25.9 Å². The summed E-state index contributed by atoms with van der Waals surface area (Å²) < 4.78 is 33.2. The van der Waals surface area contributed by atoms with Gasteiger partial charge in [-0.1, -0.05) is 19.1 Å². The summed E-state index contributed by atoms with van der Waals surface area (Å²) >= 11 is 5.28. The molecule has 9 heteroatoms. The fourth-order valence-electron chi connectivity index (χ4n) is 1.73. The number of thiocarbonyl (C=S) groups is 1. The molecule has 1 atom stereocenters. The summed E-state index contributed by atoms with van der Waals surface area (Å²) in [6.45, 7) is 6.48. The third-order valence-corrected chi connectivity index (χ3v) is 6.43. The van der Waals surface area contributed by atoms with Gasteiger partial charge in [-0.3, -0.25) is 0 Å². The van der Waals surface area contributed by atoms with Crippen LogP contribution < -0.4 is 5.32 Å². The van der Waals surface area contributed by atoms with E-state index in [4.69, 9.17) is 39.7 Å². The molecule has 0 aromatic rings. The van der Waals surface area contributed by atoms with Crippen molar-refractivity contribution in [2.75, 3.05) is 61.0 Å². The van der Waals surface area contributed by atoms with Crippen LogP contribution in [-0.4, -0.2) is 80.4 Å². The van der Waals surface area contributed by atoms with Gasteiger partial charge in [-0.25, -0.2) is 0 Å². The molecule has 0 saturated heterocycles. The van der Waals surface area contributed by atoms with Gasteiger partial charge in [0.1, 0.15) is 0 Å². The minimum atomic E-state index is -3.03. The quantitative estimate of drug-likeness (QED) is 0.262. The predicted octanol–water partition coefficient (Wildman–Crippen LogP) is 1.17. The summed E-state index contributed by atoms with van der Waals surface area (Å²) in [4.78, 5) is 0.746. The average Bonchev–Trinajstić information content (AvgIpc) is 2.54. The molecule has 0 heterocycles. The first-order chi connectivity index (χ1) is 11.1. The summed E-state index contributed by atoms with van der Waals surface area (Å²) in [6.07, 6.45) is 0.748. The van der Waals surface area contributed by atoms with Gasteiger partial charge in [0, 0.05) is 21.3 Å². The van der Waals surface area contributed by atoms with E-state index in [1.165, 1.54) is 0 Å². The number of hydrogen-bond donors (Lipinski definition) is 1. The second-order valence-corrected chi connectivity index (χ2v) is 8.20. The van der Waals surface area contributed by atoms with Gasteiger partial charge in [0.15, 0.2) is 0 Å². The molecule has 0 aromatic carbocycles. The Bertz CT molecular complexity index is 284. The molecule has 0 saturated carbocycles. The summed E-state index contributed by atoms with van der Waals surface area (Å²) in [5.41, 5.74) is -0.180. The molecule has 7 nitrogen and oxygen atoms in total. The first-order valence-corrected chi connectivity index (χ1v) is 9.95. The Balaban J connectivity index is 5.01. The van der Waals surface area contributed by atoms with Crippen molar-refractivity contribution in [3.8, 4) is 0 Å². The van der Waals surface area contributed by atoms with Crippen molar-refractivity contribution in [3.63, 3.8) is 0 Å². The first-order valence-electron chi connectivity index (χ1n) is 7.74. The number of hydrogen-bond acceptors (Lipinski definition) is 7. The molecule has 23 heavy (non-hydrogen) atoms. The summed E-state index contributed by atoms with van der Waals surface area (Å²) in [5.74, 6) is 0. The van der Waals surface area contributed by atoms with Gasteiger partial charge >= 0.3 is 8.80 Å². The standard InChI is InChI=1S/C14H31NO6SSi/c1-6-14(22)15-13(2)23(19-10-7-16-3,20-11-8-17-4)21-12-9-18-5/h13H,6-12H2,1-5H3,(H,15,22). The van der Waals surface area contributed by atoms with E-state index in [0.29, 0.717) is 39.6 Å². The Morgan fingerprint density at radius 1 is 0.870 bits per heavy atom. The molecule has 1 unspecified atom stereocenters. The second-order valence-electron chi connectivity index (χ2n) is 4.77. The van der Waals surface area contributed by atoms with Crippen molar-refractivity contribution in [1.82, 2.24) is 5.32 Å². The molecule has 0 aromatic heterocycles. The van der Waals surface area contributed by atoms with Crippen LogP contribution in [0.4, 0.5) is 0 Å². The maximum Gasteiger partial charge on any atom is 0.524 e. The molecule has 0 aliphatic carbocycles. The first kappa shape index (κ1) is 22.9. The summed E-state index contributed by atoms with van der Waals surface area (Å²) in [6, 6.07) is 0. The van der Waals surface area contributed by atoms with Gasteiger partial charge in [-0.2, -0.15) is 0 Å². The van der Waals surface area contributed by atoms with E-state index >= 15 is 0 Å². The summed E-state index contributed by atoms with van der Waals surface area (Å²) in [7, 11) is 1.84. The highest BCUT2D eigenvalue weighted by Gasteiger charge is 2.48. The smallest absolute Gasteiger partial charge is 0.382 e. The highest BCUT2D eigenvalue weighted by Crippen LogP contribution is 2.16. The van der Waals surface area contributed by atoms with Crippen molar-refractivity contribution in [3.05, 3.63) is 0 Å². The van der Waals surface area contributed by atoms with Crippen LogP contribution in [-0.2, 0) is 27.5 Å². The van der Waals surface area contributed by atoms with Gasteiger partial charge in [0.05, 0.1) is 50.3 Å². The lowest BCUT2D eigenvalue weighted by molar-refractivity contribution is 0.00856. The minimum Gasteiger partial charge on any atom is -0.382 e. The van der Waals surface area contributed by atoms with E-state index in [1.807, 2.05) is 13.8 Å². The van der Waals surface area contributed by atoms with Crippen LogP contribution in [0, 0.1) is 0 Å². The highest BCUT2D eigenvalue weighted by atomic mass is 32.1. The maximum atomic E-state index is 6.01. The molecule has 0 amide bonds. The van der Waals surface area contributed by atoms with E-state index in [9.17, 15) is 0 Å². The van der Waals surface area contributed by atoms with Crippen molar-refractivity contribution in [2.24, 2.45) is 0 Å². The zero-order chi connectivity index (χ0) is 17.6. The Hall–Kier alpha value is -0.133. The van der Waals surface area contributed by atoms with Crippen LogP contribution in [0.25, 0.3) is 0 Å². The van der Waals surface area contributed by atoms with Crippen LogP contribution in [0.15, 0.2) is 0 Å². The SMILES string of the molecule is CCC(=S)NC(C)[Si](OCCOC)(OCCOC)OCCOC. The molecule has 0 spiro atoms. The average molecular weight is 370 g/mol. The van der Waals surface area contributed by atoms with Gasteiger partial charge < -0.3 is 32.8 Å². The Morgan fingerprint density at radius 2 is 1.26 bits per heavy atom. The van der Waals surface area contributed by atoms with Crippen LogP contribution in [0.2, 0.25) is 0 Å². The lowest BCUT2D eigenvalue weighted by Crippen LogP contribution is -2.62. The third-order valence-electron chi connectivity index (χ3n) is 3.00. The predicted molar refractivity (Wildman–Crippen MR) is 94.7 cm³/mol. The van der Waals surface area contributed by atoms with Gasteiger partial charge in [0.2, 0.25) is 0 Å². The van der Waals surface area contributed by atoms with E-state index in [1.54, 1.807) is 21.3 Å². The molecule has 0 aliphatic rings. The second kappa shape index (κ2) is 14.2. The van der Waals surface area contributed by atoms with Gasteiger partial charge in [0.25, 0.3) is 0 Å². The molecule has 0 radical (unpaired) electrons. The summed E-state index contributed by atoms with van der Waals surface area (Å²) in [5, 5.41) is 3.25. The molecular formula is C14H31NO6SSi. The van der Waals surface area contributed by atoms with Crippen LogP contribution >= 0.6 is 12.2 Å². The molecule has 0 fully saturated rings. The Kier molecular flexibility index (Phi) is 14.1. The topological polar surface area (TPSA) is 67.4 Å².